The van der Waals surface area contributed by atoms with Crippen LogP contribution >= 0.6 is 11.3 Å². The summed E-state index contributed by atoms with van der Waals surface area (Å²) in [5, 5.41) is 2.79. The molecular weight excluding hydrogens is 322 g/mol. The molecular formula is C18H23N3O2S. The standard InChI is InChI=1S/C18H23N3O2S/c1-12-6-8-21(9-7-12)11-16-17(20-18(23)24-16)14-4-3-5-15(10-14)19-13(2)22/h3-5,10,12H,6-9,11H2,1-2H3,(H,19,22)(H,20,23). The summed E-state index contributed by atoms with van der Waals surface area (Å²) >= 11 is 1.28. The minimum Gasteiger partial charge on any atom is -0.326 e. The molecule has 0 bridgehead atoms. The molecule has 1 aliphatic heterocycles. The molecule has 2 heterocycles. The zero-order valence-electron chi connectivity index (χ0n) is 14.1. The van der Waals surface area contributed by atoms with Crippen molar-refractivity contribution in [2.45, 2.75) is 33.2 Å². The highest BCUT2D eigenvalue weighted by molar-refractivity contribution is 7.09. The van der Waals surface area contributed by atoms with E-state index in [2.05, 4.69) is 22.1 Å². The number of anilines is 1. The number of thiazole rings is 1. The molecule has 1 aromatic carbocycles. The molecule has 1 saturated heterocycles. The van der Waals surface area contributed by atoms with Crippen molar-refractivity contribution in [3.63, 3.8) is 0 Å². The molecule has 3 rings (SSSR count). The number of hydrogen-bond acceptors (Lipinski definition) is 4. The molecule has 0 aliphatic carbocycles. The van der Waals surface area contributed by atoms with Crippen LogP contribution in [0.1, 0.15) is 31.6 Å². The summed E-state index contributed by atoms with van der Waals surface area (Å²) in [5.74, 6) is 0.689. The van der Waals surface area contributed by atoms with Crippen LogP contribution in [0.5, 0.6) is 0 Å². The molecule has 2 N–H and O–H groups in total. The Morgan fingerprint density at radius 3 is 2.83 bits per heavy atom. The second kappa shape index (κ2) is 7.32. The highest BCUT2D eigenvalue weighted by Gasteiger charge is 2.19. The monoisotopic (exact) mass is 345 g/mol. The van der Waals surface area contributed by atoms with Crippen molar-refractivity contribution in [3.05, 3.63) is 38.8 Å². The van der Waals surface area contributed by atoms with E-state index in [0.717, 1.165) is 47.4 Å². The number of piperidine rings is 1. The van der Waals surface area contributed by atoms with Gasteiger partial charge in [-0.2, -0.15) is 0 Å². The highest BCUT2D eigenvalue weighted by atomic mass is 32.1. The molecule has 1 amide bonds. The first-order chi connectivity index (χ1) is 11.5. The second-order valence-electron chi connectivity index (χ2n) is 6.53. The molecule has 1 aliphatic rings. The largest absolute Gasteiger partial charge is 0.326 e. The van der Waals surface area contributed by atoms with Gasteiger partial charge in [0.1, 0.15) is 0 Å². The van der Waals surface area contributed by atoms with Crippen LogP contribution in [0.3, 0.4) is 0 Å². The number of nitrogens with zero attached hydrogens (tertiary/aromatic N) is 1. The fourth-order valence-electron chi connectivity index (χ4n) is 3.08. The second-order valence-corrected chi connectivity index (χ2v) is 7.60. The number of carbonyl (C=O) groups excluding carboxylic acids is 1. The van der Waals surface area contributed by atoms with Crippen molar-refractivity contribution < 1.29 is 4.79 Å². The Labute approximate surface area is 145 Å². The molecule has 6 heteroatoms. The number of rotatable bonds is 4. The Kier molecular flexibility index (Phi) is 5.16. The Bertz CT molecular complexity index is 773. The van der Waals surface area contributed by atoms with E-state index in [-0.39, 0.29) is 10.8 Å². The Morgan fingerprint density at radius 1 is 1.38 bits per heavy atom. The number of likely N-dealkylation sites (tertiary alicyclic amines) is 1. The fourth-order valence-corrected chi connectivity index (χ4v) is 3.98. The van der Waals surface area contributed by atoms with Crippen LogP contribution < -0.4 is 10.2 Å². The molecule has 0 spiro atoms. The van der Waals surface area contributed by atoms with E-state index < -0.39 is 0 Å². The Balaban J connectivity index is 1.84. The van der Waals surface area contributed by atoms with Gasteiger partial charge in [0.05, 0.1) is 5.69 Å². The predicted octanol–water partition coefficient (Wildman–Crippen LogP) is 3.29. The van der Waals surface area contributed by atoms with Gasteiger partial charge in [0.2, 0.25) is 5.91 Å². The number of aromatic amines is 1. The lowest BCUT2D eigenvalue weighted by Gasteiger charge is -2.29. The van der Waals surface area contributed by atoms with E-state index in [9.17, 15) is 9.59 Å². The Morgan fingerprint density at radius 2 is 2.12 bits per heavy atom. The van der Waals surface area contributed by atoms with E-state index in [4.69, 9.17) is 0 Å². The lowest BCUT2D eigenvalue weighted by Crippen LogP contribution is -2.32. The number of aromatic nitrogens is 1. The molecule has 0 radical (unpaired) electrons. The van der Waals surface area contributed by atoms with E-state index >= 15 is 0 Å². The summed E-state index contributed by atoms with van der Waals surface area (Å²) in [6.07, 6.45) is 2.43. The number of benzene rings is 1. The number of nitrogens with one attached hydrogen (secondary N) is 2. The minimum atomic E-state index is -0.103. The van der Waals surface area contributed by atoms with Crippen molar-refractivity contribution in [2.75, 3.05) is 18.4 Å². The molecule has 24 heavy (non-hydrogen) atoms. The average molecular weight is 345 g/mol. The molecule has 1 fully saturated rings. The van der Waals surface area contributed by atoms with Gasteiger partial charge < -0.3 is 10.3 Å². The minimum absolute atomic E-state index is 0.0321. The number of hydrogen-bond donors (Lipinski definition) is 2. The number of carbonyl (C=O) groups is 1. The Hall–Kier alpha value is -1.92. The molecule has 128 valence electrons. The van der Waals surface area contributed by atoms with Gasteiger partial charge >= 0.3 is 4.87 Å². The van der Waals surface area contributed by atoms with Gasteiger partial charge in [-0.1, -0.05) is 30.4 Å². The molecule has 1 aromatic heterocycles. The normalized spacial score (nSPS) is 16.2. The van der Waals surface area contributed by atoms with E-state index in [1.165, 1.54) is 31.1 Å². The van der Waals surface area contributed by atoms with Crippen LogP contribution in [-0.2, 0) is 11.3 Å². The van der Waals surface area contributed by atoms with Crippen molar-refractivity contribution >= 4 is 22.9 Å². The third kappa shape index (κ3) is 4.13. The highest BCUT2D eigenvalue weighted by Crippen LogP contribution is 2.28. The van der Waals surface area contributed by atoms with Crippen LogP contribution in [0.4, 0.5) is 5.69 Å². The van der Waals surface area contributed by atoms with Gasteiger partial charge in [-0.3, -0.25) is 14.5 Å². The average Bonchev–Trinajstić information content (AvgIpc) is 2.90. The maximum Gasteiger partial charge on any atom is 0.305 e. The fraction of sp³-hybridized carbons (Fsp3) is 0.444. The van der Waals surface area contributed by atoms with Crippen molar-refractivity contribution in [3.8, 4) is 11.3 Å². The quantitative estimate of drug-likeness (QED) is 0.894. The summed E-state index contributed by atoms with van der Waals surface area (Å²) in [6.45, 7) is 6.75. The third-order valence-corrected chi connectivity index (χ3v) is 5.30. The summed E-state index contributed by atoms with van der Waals surface area (Å²) < 4.78 is 0. The van der Waals surface area contributed by atoms with Gasteiger partial charge in [-0.15, -0.1) is 0 Å². The van der Waals surface area contributed by atoms with Crippen LogP contribution in [0, 0.1) is 5.92 Å². The maximum absolute atomic E-state index is 11.9. The number of H-pyrrole nitrogens is 1. The zero-order chi connectivity index (χ0) is 17.1. The predicted molar refractivity (Wildman–Crippen MR) is 98.4 cm³/mol. The first-order valence-corrected chi connectivity index (χ1v) is 9.15. The molecule has 5 nitrogen and oxygen atoms in total. The van der Waals surface area contributed by atoms with E-state index in [0.29, 0.717) is 0 Å². The third-order valence-electron chi connectivity index (χ3n) is 4.44. The summed E-state index contributed by atoms with van der Waals surface area (Å²) in [6, 6.07) is 7.61. The molecule has 0 atom stereocenters. The lowest BCUT2D eigenvalue weighted by molar-refractivity contribution is -0.114. The van der Waals surface area contributed by atoms with Gasteiger partial charge in [-0.05, 0) is 44.0 Å². The van der Waals surface area contributed by atoms with Crippen LogP contribution in [0.2, 0.25) is 0 Å². The first-order valence-electron chi connectivity index (χ1n) is 8.33. The summed E-state index contributed by atoms with van der Waals surface area (Å²) in [7, 11) is 0. The van der Waals surface area contributed by atoms with E-state index in [1.807, 2.05) is 24.3 Å². The van der Waals surface area contributed by atoms with Gasteiger partial charge in [0, 0.05) is 29.6 Å². The van der Waals surface area contributed by atoms with Crippen LogP contribution in [0.15, 0.2) is 29.1 Å². The topological polar surface area (TPSA) is 65.2 Å². The summed E-state index contributed by atoms with van der Waals surface area (Å²) in [4.78, 5) is 29.6. The van der Waals surface area contributed by atoms with Gasteiger partial charge in [-0.25, -0.2) is 0 Å². The van der Waals surface area contributed by atoms with Gasteiger partial charge in [0.15, 0.2) is 0 Å². The number of amides is 1. The SMILES string of the molecule is CC(=O)Nc1cccc(-c2[nH]c(=O)sc2CN2CCC(C)CC2)c1. The molecule has 2 aromatic rings. The molecule has 0 unspecified atom stereocenters. The van der Waals surface area contributed by atoms with Crippen molar-refractivity contribution in [1.29, 1.82) is 0 Å². The first kappa shape index (κ1) is 16.9. The molecule has 0 saturated carbocycles. The van der Waals surface area contributed by atoms with Gasteiger partial charge in [0.25, 0.3) is 0 Å². The zero-order valence-corrected chi connectivity index (χ0v) is 14.9. The maximum atomic E-state index is 11.9. The van der Waals surface area contributed by atoms with Crippen molar-refractivity contribution in [1.82, 2.24) is 9.88 Å². The van der Waals surface area contributed by atoms with Crippen LogP contribution in [0.25, 0.3) is 11.3 Å². The van der Waals surface area contributed by atoms with E-state index in [1.54, 1.807) is 0 Å². The lowest BCUT2D eigenvalue weighted by atomic mass is 9.99. The summed E-state index contributed by atoms with van der Waals surface area (Å²) in [5.41, 5.74) is 2.54. The van der Waals surface area contributed by atoms with Crippen LogP contribution in [-0.4, -0.2) is 28.9 Å². The van der Waals surface area contributed by atoms with Crippen molar-refractivity contribution in [2.24, 2.45) is 5.92 Å². The smallest absolute Gasteiger partial charge is 0.305 e.